The minimum atomic E-state index is -0.356. The zero-order chi connectivity index (χ0) is 19.7. The molecule has 1 aromatic rings. The lowest BCUT2D eigenvalue weighted by atomic mass is 9.90. The summed E-state index contributed by atoms with van der Waals surface area (Å²) in [5.41, 5.74) is 1.83. The Kier molecular flexibility index (Phi) is 5.85. The van der Waals surface area contributed by atoms with Gasteiger partial charge in [0, 0.05) is 18.6 Å². The number of aryl methyl sites for hydroxylation is 1. The van der Waals surface area contributed by atoms with Gasteiger partial charge in [0.2, 0.25) is 5.91 Å². The van der Waals surface area contributed by atoms with Crippen molar-refractivity contribution in [3.63, 3.8) is 0 Å². The highest BCUT2D eigenvalue weighted by atomic mass is 16.5. The van der Waals surface area contributed by atoms with E-state index in [1.54, 1.807) is 7.11 Å². The van der Waals surface area contributed by atoms with E-state index in [0.717, 1.165) is 48.7 Å². The number of methoxy groups -OCH3 is 1. The molecule has 0 radical (unpaired) electrons. The second-order valence-corrected chi connectivity index (χ2v) is 9.12. The lowest BCUT2D eigenvalue weighted by Crippen LogP contribution is -2.55. The van der Waals surface area contributed by atoms with Crippen LogP contribution in [-0.4, -0.2) is 43.1 Å². The maximum atomic E-state index is 13.1. The summed E-state index contributed by atoms with van der Waals surface area (Å²) in [4.78, 5) is 15.7. The molecule has 1 N–H and O–H groups in total. The topological polar surface area (TPSA) is 41.6 Å². The molecule has 4 heteroatoms. The van der Waals surface area contributed by atoms with Gasteiger partial charge < -0.3 is 10.1 Å². The number of piperidine rings is 1. The summed E-state index contributed by atoms with van der Waals surface area (Å²) >= 11 is 0. The fourth-order valence-corrected chi connectivity index (χ4v) is 4.42. The standard InChI is InChI=1S/C23H36N2O2/c1-6-18-8-7-13-25(15-18)22(3,4)16-24-21(26)23(11-12-23)19-10-9-17(2)20(14-19)27-5/h9-10,14,18H,6-8,11-13,15-16H2,1-5H3,(H,24,26). The van der Waals surface area contributed by atoms with Crippen LogP contribution in [0.2, 0.25) is 0 Å². The van der Waals surface area contributed by atoms with Crippen molar-refractivity contribution < 1.29 is 9.53 Å². The first-order valence-corrected chi connectivity index (χ1v) is 10.5. The van der Waals surface area contributed by atoms with Gasteiger partial charge >= 0.3 is 0 Å². The van der Waals surface area contributed by atoms with Crippen LogP contribution in [0.4, 0.5) is 0 Å². The first-order valence-electron chi connectivity index (χ1n) is 10.5. The van der Waals surface area contributed by atoms with Gasteiger partial charge in [0.1, 0.15) is 5.75 Å². The molecule has 1 amide bonds. The Morgan fingerprint density at radius 1 is 1.37 bits per heavy atom. The van der Waals surface area contributed by atoms with Crippen molar-refractivity contribution in [1.29, 1.82) is 0 Å². The number of benzene rings is 1. The molecule has 1 saturated heterocycles. The van der Waals surface area contributed by atoms with E-state index in [9.17, 15) is 4.79 Å². The number of carbonyl (C=O) groups excluding carboxylic acids is 1. The lowest BCUT2D eigenvalue weighted by molar-refractivity contribution is -0.124. The van der Waals surface area contributed by atoms with E-state index in [1.807, 2.05) is 13.0 Å². The number of hydrogen-bond acceptors (Lipinski definition) is 3. The quantitative estimate of drug-likeness (QED) is 0.785. The van der Waals surface area contributed by atoms with Gasteiger partial charge in [-0.05, 0) is 76.1 Å². The van der Waals surface area contributed by atoms with Crippen LogP contribution in [0.5, 0.6) is 5.75 Å². The minimum Gasteiger partial charge on any atom is -0.496 e. The van der Waals surface area contributed by atoms with Crippen LogP contribution in [0.25, 0.3) is 0 Å². The molecule has 1 aliphatic heterocycles. The van der Waals surface area contributed by atoms with Gasteiger partial charge in [0.25, 0.3) is 0 Å². The highest BCUT2D eigenvalue weighted by Gasteiger charge is 2.51. The summed E-state index contributed by atoms with van der Waals surface area (Å²) < 4.78 is 5.46. The van der Waals surface area contributed by atoms with E-state index in [0.29, 0.717) is 6.54 Å². The lowest BCUT2D eigenvalue weighted by Gasteiger charge is -2.43. The SMILES string of the molecule is CCC1CCCN(C(C)(C)CNC(=O)C2(c3ccc(C)c(OC)c3)CC2)C1. The molecule has 4 nitrogen and oxygen atoms in total. The Bertz CT molecular complexity index is 679. The van der Waals surface area contributed by atoms with Crippen LogP contribution in [0.15, 0.2) is 18.2 Å². The summed E-state index contributed by atoms with van der Waals surface area (Å²) in [6, 6.07) is 6.19. The highest BCUT2D eigenvalue weighted by molar-refractivity contribution is 5.91. The number of amides is 1. The minimum absolute atomic E-state index is 0.00938. The van der Waals surface area contributed by atoms with E-state index in [4.69, 9.17) is 4.74 Å². The van der Waals surface area contributed by atoms with Gasteiger partial charge in [-0.2, -0.15) is 0 Å². The molecule has 1 atom stereocenters. The zero-order valence-corrected chi connectivity index (χ0v) is 17.7. The summed E-state index contributed by atoms with van der Waals surface area (Å²) in [6.07, 6.45) is 5.70. The Balaban J connectivity index is 1.65. The average Bonchev–Trinajstić information content (AvgIpc) is 3.48. The molecule has 0 spiro atoms. The Hall–Kier alpha value is -1.55. The van der Waals surface area contributed by atoms with Crippen LogP contribution in [0.3, 0.4) is 0 Å². The molecule has 150 valence electrons. The fraction of sp³-hybridized carbons (Fsp3) is 0.696. The van der Waals surface area contributed by atoms with Crippen molar-refractivity contribution in [3.05, 3.63) is 29.3 Å². The van der Waals surface area contributed by atoms with E-state index in [-0.39, 0.29) is 16.9 Å². The van der Waals surface area contributed by atoms with Gasteiger partial charge in [-0.25, -0.2) is 0 Å². The van der Waals surface area contributed by atoms with E-state index >= 15 is 0 Å². The zero-order valence-electron chi connectivity index (χ0n) is 17.7. The van der Waals surface area contributed by atoms with E-state index < -0.39 is 0 Å². The maximum Gasteiger partial charge on any atom is 0.230 e. The third kappa shape index (κ3) is 4.16. The smallest absolute Gasteiger partial charge is 0.230 e. The molecule has 2 fully saturated rings. The van der Waals surface area contributed by atoms with Crippen molar-refractivity contribution in [2.24, 2.45) is 5.92 Å². The van der Waals surface area contributed by atoms with Gasteiger partial charge in [-0.3, -0.25) is 9.69 Å². The molecule has 1 aromatic carbocycles. The first-order chi connectivity index (χ1) is 12.8. The monoisotopic (exact) mass is 372 g/mol. The Morgan fingerprint density at radius 2 is 2.11 bits per heavy atom. The van der Waals surface area contributed by atoms with Crippen molar-refractivity contribution in [2.45, 2.75) is 70.8 Å². The van der Waals surface area contributed by atoms with Crippen molar-refractivity contribution in [3.8, 4) is 5.75 Å². The molecule has 2 aliphatic rings. The number of ether oxygens (including phenoxy) is 1. The molecule has 3 rings (SSSR count). The predicted octanol–water partition coefficient (Wildman–Crippen LogP) is 4.05. The maximum absolute atomic E-state index is 13.1. The van der Waals surface area contributed by atoms with Gasteiger partial charge in [0.15, 0.2) is 0 Å². The van der Waals surface area contributed by atoms with Crippen molar-refractivity contribution >= 4 is 5.91 Å². The summed E-state index contributed by atoms with van der Waals surface area (Å²) in [6.45, 7) is 11.8. The number of nitrogens with zero attached hydrogens (tertiary/aromatic N) is 1. The van der Waals surface area contributed by atoms with E-state index in [2.05, 4.69) is 43.1 Å². The third-order valence-electron chi connectivity index (χ3n) is 6.78. The highest BCUT2D eigenvalue weighted by Crippen LogP contribution is 2.49. The number of hydrogen-bond donors (Lipinski definition) is 1. The number of nitrogens with one attached hydrogen (secondary N) is 1. The largest absolute Gasteiger partial charge is 0.496 e. The molecular weight excluding hydrogens is 336 g/mol. The van der Waals surface area contributed by atoms with Crippen LogP contribution in [0, 0.1) is 12.8 Å². The molecule has 1 heterocycles. The van der Waals surface area contributed by atoms with Crippen molar-refractivity contribution in [2.75, 3.05) is 26.7 Å². The van der Waals surface area contributed by atoms with Gasteiger partial charge in [-0.1, -0.05) is 25.5 Å². The second kappa shape index (κ2) is 7.83. The molecule has 1 saturated carbocycles. The summed E-state index contributed by atoms with van der Waals surface area (Å²) in [5.74, 6) is 1.83. The molecule has 0 aromatic heterocycles. The Labute approximate surface area is 164 Å². The normalized spacial score (nSPS) is 22.3. The predicted molar refractivity (Wildman–Crippen MR) is 110 cm³/mol. The van der Waals surface area contributed by atoms with Gasteiger partial charge in [-0.15, -0.1) is 0 Å². The fourth-order valence-electron chi connectivity index (χ4n) is 4.42. The number of likely N-dealkylation sites (tertiary alicyclic amines) is 1. The van der Waals surface area contributed by atoms with Gasteiger partial charge in [0.05, 0.1) is 12.5 Å². The van der Waals surface area contributed by atoms with Crippen LogP contribution >= 0.6 is 0 Å². The first kappa shape index (κ1) is 20.2. The molecule has 0 bridgehead atoms. The van der Waals surface area contributed by atoms with Crippen LogP contribution in [-0.2, 0) is 10.2 Å². The molecule has 1 aliphatic carbocycles. The molecule has 1 unspecified atom stereocenters. The van der Waals surface area contributed by atoms with Crippen LogP contribution < -0.4 is 10.1 Å². The molecule has 27 heavy (non-hydrogen) atoms. The third-order valence-corrected chi connectivity index (χ3v) is 6.78. The summed E-state index contributed by atoms with van der Waals surface area (Å²) in [7, 11) is 1.69. The number of carbonyl (C=O) groups is 1. The van der Waals surface area contributed by atoms with E-state index in [1.165, 1.54) is 19.3 Å². The number of rotatable bonds is 7. The average molecular weight is 373 g/mol. The second-order valence-electron chi connectivity index (χ2n) is 9.12. The van der Waals surface area contributed by atoms with Crippen molar-refractivity contribution in [1.82, 2.24) is 10.2 Å². The molecular formula is C23H36N2O2. The Morgan fingerprint density at radius 3 is 2.74 bits per heavy atom. The van der Waals surface area contributed by atoms with Crippen LogP contribution in [0.1, 0.15) is 64.0 Å². The summed E-state index contributed by atoms with van der Waals surface area (Å²) in [5, 5.41) is 3.29.